The Morgan fingerprint density at radius 2 is 2.05 bits per heavy atom. The fourth-order valence-electron chi connectivity index (χ4n) is 3.05. The van der Waals surface area contributed by atoms with Crippen LogP contribution in [-0.2, 0) is 4.79 Å². The molecule has 1 saturated carbocycles. The molecule has 0 aromatic rings. The molecule has 0 spiro atoms. The van der Waals surface area contributed by atoms with Gasteiger partial charge in [-0.25, -0.2) is 0 Å². The highest BCUT2D eigenvalue weighted by molar-refractivity contribution is 5.50. The zero-order chi connectivity index (χ0) is 15.1. The Morgan fingerprint density at radius 3 is 2.65 bits per heavy atom. The van der Waals surface area contributed by atoms with Crippen LogP contribution in [0.2, 0.25) is 0 Å². The van der Waals surface area contributed by atoms with Gasteiger partial charge in [0.1, 0.15) is 6.29 Å². The summed E-state index contributed by atoms with van der Waals surface area (Å²) >= 11 is 0. The topological polar surface area (TPSA) is 77.8 Å². The first-order chi connectivity index (χ1) is 9.51. The van der Waals surface area contributed by atoms with Gasteiger partial charge >= 0.3 is 0 Å². The molecule has 1 aliphatic rings. The molecule has 0 aromatic carbocycles. The average Bonchev–Trinajstić information content (AvgIpc) is 2.69. The quantitative estimate of drug-likeness (QED) is 0.473. The Bertz CT molecular complexity index is 326. The largest absolute Gasteiger partial charge is 0.512 e. The van der Waals surface area contributed by atoms with Crippen molar-refractivity contribution in [2.24, 2.45) is 17.8 Å². The summed E-state index contributed by atoms with van der Waals surface area (Å²) in [5.41, 5.74) is 0. The third-order valence-corrected chi connectivity index (χ3v) is 4.34. The lowest BCUT2D eigenvalue weighted by molar-refractivity contribution is -0.109. The Morgan fingerprint density at radius 1 is 1.35 bits per heavy atom. The second kappa shape index (κ2) is 8.42. The van der Waals surface area contributed by atoms with E-state index < -0.39 is 18.1 Å². The molecule has 4 heteroatoms. The summed E-state index contributed by atoms with van der Waals surface area (Å²) in [6.45, 7) is 4.29. The molecule has 0 bridgehead atoms. The number of unbranched alkanes of at least 4 members (excludes halogenated alkanes) is 1. The van der Waals surface area contributed by atoms with Crippen molar-refractivity contribution in [3.05, 3.63) is 11.8 Å². The van der Waals surface area contributed by atoms with E-state index in [1.807, 2.05) is 0 Å². The van der Waals surface area contributed by atoms with Gasteiger partial charge in [0.15, 0.2) is 0 Å². The first kappa shape index (κ1) is 17.2. The van der Waals surface area contributed by atoms with Crippen molar-refractivity contribution < 1.29 is 20.1 Å². The molecule has 1 fully saturated rings. The molecular formula is C16H28O4. The van der Waals surface area contributed by atoms with Crippen LogP contribution < -0.4 is 0 Å². The summed E-state index contributed by atoms with van der Waals surface area (Å²) in [7, 11) is 0. The van der Waals surface area contributed by atoms with E-state index in [9.17, 15) is 20.1 Å². The molecule has 0 heterocycles. The first-order valence-corrected chi connectivity index (χ1v) is 7.70. The van der Waals surface area contributed by atoms with Crippen molar-refractivity contribution in [2.45, 2.75) is 64.6 Å². The molecule has 20 heavy (non-hydrogen) atoms. The van der Waals surface area contributed by atoms with Crippen LogP contribution in [-0.4, -0.2) is 33.8 Å². The zero-order valence-electron chi connectivity index (χ0n) is 12.5. The lowest BCUT2D eigenvalue weighted by atomic mass is 9.88. The van der Waals surface area contributed by atoms with Crippen molar-refractivity contribution >= 4 is 6.29 Å². The molecule has 0 aromatic heterocycles. The van der Waals surface area contributed by atoms with Gasteiger partial charge in [-0.15, -0.1) is 0 Å². The molecule has 5 atom stereocenters. The van der Waals surface area contributed by atoms with Crippen molar-refractivity contribution in [1.29, 1.82) is 0 Å². The number of carbonyl (C=O) groups is 1. The number of aldehydes is 1. The molecule has 1 unspecified atom stereocenters. The first-order valence-electron chi connectivity index (χ1n) is 7.70. The number of hydrogen-bond acceptors (Lipinski definition) is 4. The summed E-state index contributed by atoms with van der Waals surface area (Å²) < 4.78 is 0. The van der Waals surface area contributed by atoms with E-state index in [0.29, 0.717) is 5.92 Å². The van der Waals surface area contributed by atoms with Crippen molar-refractivity contribution in [3.63, 3.8) is 0 Å². The Kier molecular flexibility index (Phi) is 7.24. The molecule has 1 aliphatic carbocycles. The molecule has 0 radical (unpaired) electrons. The number of aliphatic hydroxyl groups is 3. The number of hydrogen-bond donors (Lipinski definition) is 3. The van der Waals surface area contributed by atoms with Crippen LogP contribution in [0.3, 0.4) is 0 Å². The summed E-state index contributed by atoms with van der Waals surface area (Å²) in [5.74, 6) is -0.257. The fraction of sp³-hybridized carbons (Fsp3) is 0.812. The van der Waals surface area contributed by atoms with Crippen molar-refractivity contribution in [2.75, 3.05) is 0 Å². The smallest absolute Gasteiger partial charge is 0.120 e. The van der Waals surface area contributed by atoms with Crippen LogP contribution in [0.15, 0.2) is 11.8 Å². The Balaban J connectivity index is 2.63. The molecule has 4 nitrogen and oxygen atoms in total. The SMILES string of the molecule is CCCCC(C)CC=C(O)[C@H]1[C@H](CC=O)[C@H](O)C[C@@H]1O. The Hall–Kier alpha value is -0.870. The number of allylic oxidation sites excluding steroid dienone is 1. The number of carbonyl (C=O) groups excluding carboxylic acids is 1. The van der Waals surface area contributed by atoms with E-state index in [-0.39, 0.29) is 24.5 Å². The molecule has 0 saturated heterocycles. The van der Waals surface area contributed by atoms with Crippen molar-refractivity contribution in [1.82, 2.24) is 0 Å². The second-order valence-electron chi connectivity index (χ2n) is 6.07. The maximum Gasteiger partial charge on any atom is 0.120 e. The van der Waals surface area contributed by atoms with E-state index >= 15 is 0 Å². The Labute approximate surface area is 121 Å². The lowest BCUT2D eigenvalue weighted by Gasteiger charge is -2.21. The normalized spacial score (nSPS) is 32.3. The predicted molar refractivity (Wildman–Crippen MR) is 78.3 cm³/mol. The number of rotatable bonds is 8. The van der Waals surface area contributed by atoms with Crippen LogP contribution in [0, 0.1) is 17.8 Å². The molecular weight excluding hydrogens is 256 g/mol. The van der Waals surface area contributed by atoms with E-state index in [1.165, 1.54) is 6.42 Å². The van der Waals surface area contributed by atoms with Crippen LogP contribution >= 0.6 is 0 Å². The van der Waals surface area contributed by atoms with Gasteiger partial charge in [0.05, 0.1) is 18.0 Å². The summed E-state index contributed by atoms with van der Waals surface area (Å²) in [6.07, 6.45) is 5.64. The molecule has 1 rings (SSSR count). The van der Waals surface area contributed by atoms with E-state index in [4.69, 9.17) is 0 Å². The number of aliphatic hydroxyl groups excluding tert-OH is 3. The minimum atomic E-state index is -0.767. The molecule has 116 valence electrons. The molecule has 0 aliphatic heterocycles. The van der Waals surface area contributed by atoms with Gasteiger partial charge in [0.25, 0.3) is 0 Å². The highest BCUT2D eigenvalue weighted by atomic mass is 16.3. The van der Waals surface area contributed by atoms with E-state index in [2.05, 4.69) is 13.8 Å². The zero-order valence-corrected chi connectivity index (χ0v) is 12.5. The van der Waals surface area contributed by atoms with Gasteiger partial charge in [-0.05, 0) is 18.4 Å². The maximum absolute atomic E-state index is 10.7. The predicted octanol–water partition coefficient (Wildman–Crippen LogP) is 2.59. The van der Waals surface area contributed by atoms with E-state index in [1.54, 1.807) is 6.08 Å². The minimum absolute atomic E-state index is 0.129. The van der Waals surface area contributed by atoms with Crippen LogP contribution in [0.25, 0.3) is 0 Å². The minimum Gasteiger partial charge on any atom is -0.512 e. The van der Waals surface area contributed by atoms with Gasteiger partial charge in [-0.1, -0.05) is 33.1 Å². The molecule has 0 amide bonds. The maximum atomic E-state index is 10.7. The van der Waals surface area contributed by atoms with Crippen LogP contribution in [0.5, 0.6) is 0 Å². The van der Waals surface area contributed by atoms with Crippen LogP contribution in [0.1, 0.15) is 52.4 Å². The highest BCUT2D eigenvalue weighted by Crippen LogP contribution is 2.38. The highest BCUT2D eigenvalue weighted by Gasteiger charge is 2.43. The average molecular weight is 284 g/mol. The van der Waals surface area contributed by atoms with Gasteiger partial charge < -0.3 is 20.1 Å². The fourth-order valence-corrected chi connectivity index (χ4v) is 3.05. The van der Waals surface area contributed by atoms with Gasteiger partial charge in [-0.2, -0.15) is 0 Å². The lowest BCUT2D eigenvalue weighted by Crippen LogP contribution is -2.24. The van der Waals surface area contributed by atoms with Gasteiger partial charge in [0, 0.05) is 24.7 Å². The molecule has 3 N–H and O–H groups in total. The monoisotopic (exact) mass is 284 g/mol. The summed E-state index contributed by atoms with van der Waals surface area (Å²) in [4.78, 5) is 10.7. The second-order valence-corrected chi connectivity index (χ2v) is 6.07. The van der Waals surface area contributed by atoms with E-state index in [0.717, 1.165) is 25.5 Å². The summed E-state index contributed by atoms with van der Waals surface area (Å²) in [5, 5.41) is 30.0. The van der Waals surface area contributed by atoms with Crippen molar-refractivity contribution in [3.8, 4) is 0 Å². The van der Waals surface area contributed by atoms with Gasteiger partial charge in [0.2, 0.25) is 0 Å². The third-order valence-electron chi connectivity index (χ3n) is 4.34. The van der Waals surface area contributed by atoms with Gasteiger partial charge in [-0.3, -0.25) is 0 Å². The van der Waals surface area contributed by atoms with Crippen LogP contribution in [0.4, 0.5) is 0 Å². The third kappa shape index (κ3) is 4.60. The summed E-state index contributed by atoms with van der Waals surface area (Å²) in [6, 6.07) is 0. The standard InChI is InChI=1S/C16H28O4/c1-3-4-5-11(2)6-7-13(18)16-12(8-9-17)14(19)10-15(16)20/h7,9,11-12,14-16,18-20H,3-6,8,10H2,1-2H3/t11?,12-,14-,15+,16-/m1/s1.